The monoisotopic (exact) mass is 311 g/mol. The van der Waals surface area contributed by atoms with Gasteiger partial charge in [-0.15, -0.1) is 0 Å². The minimum atomic E-state index is -0.406. The van der Waals surface area contributed by atoms with Gasteiger partial charge in [-0.2, -0.15) is 0 Å². The molecule has 0 saturated heterocycles. The first-order valence-corrected chi connectivity index (χ1v) is 8.80. The van der Waals surface area contributed by atoms with E-state index in [4.69, 9.17) is 4.84 Å². The number of carbonyl (C=O) groups is 2. The van der Waals surface area contributed by atoms with Crippen molar-refractivity contribution in [3.05, 3.63) is 0 Å². The zero-order chi connectivity index (χ0) is 16.8. The van der Waals surface area contributed by atoms with Gasteiger partial charge in [0, 0.05) is 12.8 Å². The Balaban J connectivity index is 3.94. The summed E-state index contributed by atoms with van der Waals surface area (Å²) in [6.07, 6.45) is 8.05. The number of carbonyl (C=O) groups excluding carboxylic acids is 2. The van der Waals surface area contributed by atoms with Crippen molar-refractivity contribution in [2.75, 3.05) is 0 Å². The van der Waals surface area contributed by atoms with E-state index in [1.807, 2.05) is 6.92 Å². The number of ketones is 1. The third-order valence-corrected chi connectivity index (χ3v) is 3.88. The van der Waals surface area contributed by atoms with Crippen molar-refractivity contribution in [1.82, 2.24) is 0 Å². The lowest BCUT2D eigenvalue weighted by molar-refractivity contribution is -0.144. The second-order valence-electron chi connectivity index (χ2n) is 6.04. The standard InChI is InChI=1S/C18H33NO3/c1-5-8-9-10-11-17(20)12-13-18(21)22-19-16(7-3)14-15(4)6-2/h15H,5-14H2,1-4H3/b19-16-. The maximum absolute atomic E-state index is 11.6. The van der Waals surface area contributed by atoms with Crippen LogP contribution in [-0.2, 0) is 14.4 Å². The molecule has 0 aliphatic carbocycles. The van der Waals surface area contributed by atoms with E-state index < -0.39 is 5.97 Å². The number of hydrogen-bond acceptors (Lipinski definition) is 4. The highest BCUT2D eigenvalue weighted by atomic mass is 16.7. The van der Waals surface area contributed by atoms with Gasteiger partial charge in [-0.05, 0) is 25.2 Å². The molecule has 1 unspecified atom stereocenters. The van der Waals surface area contributed by atoms with Crippen LogP contribution in [0.5, 0.6) is 0 Å². The maximum atomic E-state index is 11.6. The van der Waals surface area contributed by atoms with Crippen LogP contribution in [0.25, 0.3) is 0 Å². The molecule has 0 bridgehead atoms. The molecule has 0 aromatic carbocycles. The van der Waals surface area contributed by atoms with Gasteiger partial charge in [-0.3, -0.25) is 4.79 Å². The van der Waals surface area contributed by atoms with Crippen molar-refractivity contribution in [2.45, 2.75) is 91.9 Å². The molecule has 0 aromatic rings. The third kappa shape index (κ3) is 11.5. The molecular weight excluding hydrogens is 278 g/mol. The van der Waals surface area contributed by atoms with E-state index in [0.29, 0.717) is 12.3 Å². The molecule has 0 saturated carbocycles. The molecule has 0 amide bonds. The summed E-state index contributed by atoms with van der Waals surface area (Å²) >= 11 is 0. The number of nitrogens with zero attached hydrogens (tertiary/aromatic N) is 1. The molecule has 0 spiro atoms. The smallest absolute Gasteiger partial charge is 0.318 e. The number of rotatable bonds is 13. The van der Waals surface area contributed by atoms with E-state index in [9.17, 15) is 9.59 Å². The van der Waals surface area contributed by atoms with Crippen molar-refractivity contribution in [3.63, 3.8) is 0 Å². The van der Waals surface area contributed by atoms with Gasteiger partial charge in [0.25, 0.3) is 0 Å². The van der Waals surface area contributed by atoms with Crippen LogP contribution in [0.1, 0.15) is 91.9 Å². The fourth-order valence-corrected chi connectivity index (χ4v) is 2.07. The van der Waals surface area contributed by atoms with Gasteiger partial charge < -0.3 is 4.84 Å². The maximum Gasteiger partial charge on any atom is 0.335 e. The van der Waals surface area contributed by atoms with Crippen molar-refractivity contribution < 1.29 is 14.4 Å². The van der Waals surface area contributed by atoms with Gasteiger partial charge in [-0.1, -0.05) is 58.5 Å². The Bertz CT molecular complexity index is 350. The quantitative estimate of drug-likeness (QED) is 0.207. The summed E-state index contributed by atoms with van der Waals surface area (Å²) in [5, 5.41) is 3.95. The summed E-state index contributed by atoms with van der Waals surface area (Å²) < 4.78 is 0. The highest BCUT2D eigenvalue weighted by molar-refractivity contribution is 5.85. The molecule has 0 radical (unpaired) electrons. The van der Waals surface area contributed by atoms with E-state index in [2.05, 4.69) is 25.9 Å². The number of hydrogen-bond donors (Lipinski definition) is 0. The molecule has 0 N–H and O–H groups in total. The molecule has 4 heteroatoms. The summed E-state index contributed by atoms with van der Waals surface area (Å²) in [5.74, 6) is 0.284. The SMILES string of the molecule is CCCCCCC(=O)CCC(=O)O/N=C(/CC)CC(C)CC. The first kappa shape index (κ1) is 20.8. The second-order valence-corrected chi connectivity index (χ2v) is 6.04. The molecule has 0 aliphatic rings. The van der Waals surface area contributed by atoms with E-state index in [1.54, 1.807) is 0 Å². The first-order chi connectivity index (χ1) is 10.5. The molecule has 0 aliphatic heterocycles. The van der Waals surface area contributed by atoms with E-state index in [0.717, 1.165) is 44.2 Å². The van der Waals surface area contributed by atoms with Gasteiger partial charge in [-0.25, -0.2) is 4.79 Å². The average molecular weight is 311 g/mol. The van der Waals surface area contributed by atoms with Gasteiger partial charge in [0.1, 0.15) is 5.78 Å². The summed E-state index contributed by atoms with van der Waals surface area (Å²) in [7, 11) is 0. The van der Waals surface area contributed by atoms with Crippen LogP contribution in [0.3, 0.4) is 0 Å². The highest BCUT2D eigenvalue weighted by Crippen LogP contribution is 2.10. The molecule has 0 fully saturated rings. The lowest BCUT2D eigenvalue weighted by Gasteiger charge is -2.08. The van der Waals surface area contributed by atoms with Crippen LogP contribution >= 0.6 is 0 Å². The Morgan fingerprint density at radius 1 is 1.00 bits per heavy atom. The normalized spacial score (nSPS) is 13.0. The molecule has 128 valence electrons. The Morgan fingerprint density at radius 2 is 1.73 bits per heavy atom. The molecule has 1 atom stereocenters. The minimum Gasteiger partial charge on any atom is -0.318 e. The van der Waals surface area contributed by atoms with Crippen LogP contribution in [0.2, 0.25) is 0 Å². The fraction of sp³-hybridized carbons (Fsp3) is 0.833. The predicted molar refractivity (Wildman–Crippen MR) is 90.9 cm³/mol. The van der Waals surface area contributed by atoms with Crippen LogP contribution in [-0.4, -0.2) is 17.5 Å². The van der Waals surface area contributed by atoms with Crippen LogP contribution in [0, 0.1) is 5.92 Å². The zero-order valence-electron chi connectivity index (χ0n) is 14.8. The highest BCUT2D eigenvalue weighted by Gasteiger charge is 2.10. The van der Waals surface area contributed by atoms with E-state index in [1.165, 1.54) is 6.42 Å². The minimum absolute atomic E-state index is 0.135. The summed E-state index contributed by atoms with van der Waals surface area (Å²) in [5.41, 5.74) is 0.911. The summed E-state index contributed by atoms with van der Waals surface area (Å²) in [4.78, 5) is 28.2. The average Bonchev–Trinajstić information content (AvgIpc) is 2.53. The fourth-order valence-electron chi connectivity index (χ4n) is 2.07. The van der Waals surface area contributed by atoms with E-state index >= 15 is 0 Å². The largest absolute Gasteiger partial charge is 0.335 e. The van der Waals surface area contributed by atoms with Gasteiger partial charge >= 0.3 is 5.97 Å². The topological polar surface area (TPSA) is 55.7 Å². The van der Waals surface area contributed by atoms with Gasteiger partial charge in [0.2, 0.25) is 0 Å². The van der Waals surface area contributed by atoms with Crippen LogP contribution < -0.4 is 0 Å². The first-order valence-electron chi connectivity index (χ1n) is 8.80. The molecule has 0 heterocycles. The van der Waals surface area contributed by atoms with Gasteiger partial charge in [0.15, 0.2) is 0 Å². The number of Topliss-reactive ketones (excluding diaryl/α,β-unsaturated/α-hetero) is 1. The molecule has 4 nitrogen and oxygen atoms in total. The molecule has 0 rings (SSSR count). The summed E-state index contributed by atoms with van der Waals surface area (Å²) in [6.45, 7) is 8.44. The Hall–Kier alpha value is -1.19. The molecular formula is C18H33NO3. The van der Waals surface area contributed by atoms with E-state index in [-0.39, 0.29) is 18.6 Å². The van der Waals surface area contributed by atoms with Crippen LogP contribution in [0.4, 0.5) is 0 Å². The van der Waals surface area contributed by atoms with Crippen LogP contribution in [0.15, 0.2) is 5.16 Å². The van der Waals surface area contributed by atoms with Crippen molar-refractivity contribution in [2.24, 2.45) is 11.1 Å². The lowest BCUT2D eigenvalue weighted by atomic mass is 10.0. The summed E-state index contributed by atoms with van der Waals surface area (Å²) in [6, 6.07) is 0. The molecule has 0 aromatic heterocycles. The Kier molecular flexibility index (Phi) is 12.7. The zero-order valence-corrected chi connectivity index (χ0v) is 14.8. The number of unbranched alkanes of at least 4 members (excludes halogenated alkanes) is 3. The van der Waals surface area contributed by atoms with Gasteiger partial charge in [0.05, 0.1) is 12.1 Å². The Labute approximate surface area is 135 Å². The lowest BCUT2D eigenvalue weighted by Crippen LogP contribution is -2.09. The predicted octanol–water partition coefficient (Wildman–Crippen LogP) is 5.05. The third-order valence-electron chi connectivity index (χ3n) is 3.88. The van der Waals surface area contributed by atoms with Crippen molar-refractivity contribution >= 4 is 17.5 Å². The van der Waals surface area contributed by atoms with Crippen molar-refractivity contribution in [1.29, 1.82) is 0 Å². The molecule has 22 heavy (non-hydrogen) atoms. The second kappa shape index (κ2) is 13.5. The van der Waals surface area contributed by atoms with Crippen molar-refractivity contribution in [3.8, 4) is 0 Å². The Morgan fingerprint density at radius 3 is 2.32 bits per heavy atom. The number of oxime groups is 1.